The first-order chi connectivity index (χ1) is 17.6. The number of aromatic amines is 1. The molecular weight excluding hydrogens is 478 g/mol. The first kappa shape index (κ1) is 28.1. The lowest BCUT2D eigenvalue weighted by atomic mass is 10.0. The molecule has 37 heavy (non-hydrogen) atoms. The standard InChI is InChI=1S/C28H34F2N4O3/c1-6-8-19(27(35)31-17(3)4)9-11-22(18(5)29)21-13-14-34(37-16-21)15-20-10-12-24-26(25(20)30)33-28(36)23(7-2)32-24/h8-13,17H,6-7,14-16H2,1-5H3,(H,31,35)(H,33,36)/b11-9-,19-8-,22-18-. The predicted molar refractivity (Wildman–Crippen MR) is 141 cm³/mol. The molecule has 0 radical (unpaired) electrons. The molecule has 1 aliphatic rings. The Morgan fingerprint density at radius 1 is 1.30 bits per heavy atom. The van der Waals surface area contributed by atoms with Gasteiger partial charge in [-0.15, -0.1) is 0 Å². The maximum absolute atomic E-state index is 15.1. The first-order valence-electron chi connectivity index (χ1n) is 12.5. The van der Waals surface area contributed by atoms with Gasteiger partial charge in [-0.3, -0.25) is 14.4 Å². The number of nitrogens with one attached hydrogen (secondary N) is 2. The molecule has 7 nitrogen and oxygen atoms in total. The molecule has 0 spiro atoms. The molecule has 0 unspecified atom stereocenters. The Morgan fingerprint density at radius 2 is 2.05 bits per heavy atom. The number of carbonyl (C=O) groups excluding carboxylic acids is 1. The van der Waals surface area contributed by atoms with Gasteiger partial charge in [0.05, 0.1) is 18.7 Å². The number of amides is 1. The van der Waals surface area contributed by atoms with Crippen LogP contribution in [0.2, 0.25) is 0 Å². The molecule has 2 heterocycles. The Balaban J connectivity index is 1.76. The van der Waals surface area contributed by atoms with Crippen LogP contribution in [0.5, 0.6) is 0 Å². The number of carbonyl (C=O) groups is 1. The van der Waals surface area contributed by atoms with Gasteiger partial charge in [0.15, 0.2) is 5.82 Å². The molecule has 0 saturated heterocycles. The van der Waals surface area contributed by atoms with Gasteiger partial charge in [0, 0.05) is 29.3 Å². The van der Waals surface area contributed by atoms with E-state index in [0.717, 1.165) is 0 Å². The number of H-pyrrole nitrogens is 1. The average molecular weight is 513 g/mol. The zero-order valence-electron chi connectivity index (χ0n) is 22.0. The number of hydrogen-bond donors (Lipinski definition) is 2. The number of aromatic nitrogens is 2. The van der Waals surface area contributed by atoms with Crippen molar-refractivity contribution in [3.8, 4) is 0 Å². The Kier molecular flexibility index (Phi) is 9.66. The predicted octanol–water partition coefficient (Wildman–Crippen LogP) is 4.96. The zero-order valence-corrected chi connectivity index (χ0v) is 22.0. The van der Waals surface area contributed by atoms with Gasteiger partial charge in [-0.25, -0.2) is 13.8 Å². The lowest BCUT2D eigenvalue weighted by Gasteiger charge is -2.26. The maximum atomic E-state index is 15.1. The normalized spacial score (nSPS) is 15.9. The minimum Gasteiger partial charge on any atom is -0.350 e. The highest BCUT2D eigenvalue weighted by atomic mass is 19.1. The molecule has 0 fully saturated rings. The lowest BCUT2D eigenvalue weighted by molar-refractivity contribution is -0.156. The third-order valence-electron chi connectivity index (χ3n) is 5.83. The summed E-state index contributed by atoms with van der Waals surface area (Å²) in [4.78, 5) is 37.1. The summed E-state index contributed by atoms with van der Waals surface area (Å²) in [6, 6.07) is 3.27. The lowest BCUT2D eigenvalue weighted by Crippen LogP contribution is -2.31. The van der Waals surface area contributed by atoms with Crippen LogP contribution in [-0.2, 0) is 22.6 Å². The molecule has 9 heteroatoms. The largest absolute Gasteiger partial charge is 0.350 e. The number of fused-ring (bicyclic) bond motifs is 1. The Labute approximate surface area is 215 Å². The van der Waals surface area contributed by atoms with E-state index in [4.69, 9.17) is 4.84 Å². The maximum Gasteiger partial charge on any atom is 0.270 e. The molecule has 1 amide bonds. The molecule has 0 aliphatic carbocycles. The van der Waals surface area contributed by atoms with Crippen LogP contribution in [0.3, 0.4) is 0 Å². The first-order valence-corrected chi connectivity index (χ1v) is 12.5. The Hall–Kier alpha value is -3.43. The van der Waals surface area contributed by atoms with Gasteiger partial charge >= 0.3 is 0 Å². The second-order valence-corrected chi connectivity index (χ2v) is 9.10. The second-order valence-electron chi connectivity index (χ2n) is 9.10. The van der Waals surface area contributed by atoms with Crippen LogP contribution in [0.15, 0.2) is 63.8 Å². The van der Waals surface area contributed by atoms with Crippen molar-refractivity contribution in [1.29, 1.82) is 0 Å². The van der Waals surface area contributed by atoms with Crippen molar-refractivity contribution in [2.45, 2.75) is 60.0 Å². The van der Waals surface area contributed by atoms with E-state index in [9.17, 15) is 14.0 Å². The van der Waals surface area contributed by atoms with Crippen molar-refractivity contribution in [1.82, 2.24) is 20.3 Å². The monoisotopic (exact) mass is 512 g/mol. The van der Waals surface area contributed by atoms with Crippen LogP contribution in [-0.4, -0.2) is 40.1 Å². The van der Waals surface area contributed by atoms with E-state index in [1.807, 2.05) is 33.8 Å². The zero-order chi connectivity index (χ0) is 27.1. The van der Waals surface area contributed by atoms with E-state index in [1.165, 1.54) is 6.92 Å². The van der Waals surface area contributed by atoms with Gasteiger partial charge in [0.2, 0.25) is 0 Å². The summed E-state index contributed by atoms with van der Waals surface area (Å²) in [6.45, 7) is 9.36. The fourth-order valence-corrected chi connectivity index (χ4v) is 3.96. The topological polar surface area (TPSA) is 87.3 Å². The quantitative estimate of drug-likeness (QED) is 0.366. The van der Waals surface area contributed by atoms with Crippen molar-refractivity contribution in [3.63, 3.8) is 0 Å². The van der Waals surface area contributed by atoms with E-state index in [0.29, 0.717) is 52.9 Å². The fraction of sp³-hybridized carbons (Fsp3) is 0.393. The summed E-state index contributed by atoms with van der Waals surface area (Å²) in [5, 5.41) is 4.41. The van der Waals surface area contributed by atoms with Crippen LogP contribution in [0.25, 0.3) is 11.0 Å². The molecule has 2 N–H and O–H groups in total. The van der Waals surface area contributed by atoms with Crippen molar-refractivity contribution in [2.24, 2.45) is 0 Å². The van der Waals surface area contributed by atoms with Gasteiger partial charge in [-0.1, -0.05) is 38.1 Å². The highest BCUT2D eigenvalue weighted by Crippen LogP contribution is 2.24. The summed E-state index contributed by atoms with van der Waals surface area (Å²) in [6.07, 6.45) is 7.91. The molecule has 2 aromatic rings. The van der Waals surface area contributed by atoms with Crippen LogP contribution in [0, 0.1) is 5.82 Å². The molecule has 1 aliphatic heterocycles. The number of allylic oxidation sites excluding steroid dienone is 3. The summed E-state index contributed by atoms with van der Waals surface area (Å²) < 4.78 is 29.6. The van der Waals surface area contributed by atoms with Crippen LogP contribution >= 0.6 is 0 Å². The molecule has 0 atom stereocenters. The van der Waals surface area contributed by atoms with Gasteiger partial charge in [-0.2, -0.15) is 5.06 Å². The molecule has 0 saturated carbocycles. The third kappa shape index (κ3) is 7.08. The molecule has 1 aromatic carbocycles. The molecular formula is C28H34F2N4O3. The van der Waals surface area contributed by atoms with Gasteiger partial charge in [-0.05, 0) is 51.3 Å². The second kappa shape index (κ2) is 12.7. The van der Waals surface area contributed by atoms with Crippen LogP contribution in [0.4, 0.5) is 8.78 Å². The number of rotatable bonds is 9. The van der Waals surface area contributed by atoms with Gasteiger partial charge < -0.3 is 10.3 Å². The van der Waals surface area contributed by atoms with E-state index in [2.05, 4.69) is 15.3 Å². The minimum atomic E-state index is -0.554. The fourth-order valence-electron chi connectivity index (χ4n) is 3.96. The number of halogens is 2. The number of benzene rings is 1. The smallest absolute Gasteiger partial charge is 0.270 e. The van der Waals surface area contributed by atoms with Crippen LogP contribution in [0.1, 0.15) is 52.3 Å². The van der Waals surface area contributed by atoms with Crippen LogP contribution < -0.4 is 10.9 Å². The summed E-state index contributed by atoms with van der Waals surface area (Å²) in [7, 11) is 0. The third-order valence-corrected chi connectivity index (χ3v) is 5.83. The molecule has 198 valence electrons. The van der Waals surface area contributed by atoms with E-state index >= 15 is 4.39 Å². The Morgan fingerprint density at radius 3 is 2.65 bits per heavy atom. The van der Waals surface area contributed by atoms with Gasteiger partial charge in [0.25, 0.3) is 11.5 Å². The van der Waals surface area contributed by atoms with E-state index < -0.39 is 17.2 Å². The van der Waals surface area contributed by atoms with Crippen molar-refractivity contribution in [3.05, 3.63) is 86.4 Å². The number of nitrogens with zero attached hydrogens (tertiary/aromatic N) is 2. The van der Waals surface area contributed by atoms with Gasteiger partial charge in [0.1, 0.15) is 17.0 Å². The summed E-state index contributed by atoms with van der Waals surface area (Å²) >= 11 is 0. The summed E-state index contributed by atoms with van der Waals surface area (Å²) in [5.41, 5.74) is 2.18. The summed E-state index contributed by atoms with van der Waals surface area (Å²) in [5.74, 6) is -1.17. The van der Waals surface area contributed by atoms with E-state index in [1.54, 1.807) is 35.4 Å². The van der Waals surface area contributed by atoms with E-state index in [-0.39, 0.29) is 30.6 Å². The Bertz CT molecular complexity index is 1330. The van der Waals surface area contributed by atoms with Crippen molar-refractivity contribution >= 4 is 16.9 Å². The molecule has 3 rings (SSSR count). The minimum absolute atomic E-state index is 0.0164. The molecule has 1 aromatic heterocycles. The number of hydroxylamine groups is 2. The SMILES string of the molecule is CC/C=C(/C=C\C(C1=CCN(Cc2ccc3nc(CC)c(=O)[nH]c3c2F)OC1)=C(/C)F)C(=O)NC(C)C. The highest BCUT2D eigenvalue weighted by molar-refractivity contribution is 5.96. The number of hydrogen-bond acceptors (Lipinski definition) is 5. The van der Waals surface area contributed by atoms with Crippen molar-refractivity contribution in [2.75, 3.05) is 13.2 Å². The molecule has 0 bridgehead atoms. The number of aryl methyl sites for hydroxylation is 1. The average Bonchev–Trinajstić information content (AvgIpc) is 2.85. The van der Waals surface area contributed by atoms with Crippen molar-refractivity contribution < 1.29 is 18.4 Å². The highest BCUT2D eigenvalue weighted by Gasteiger charge is 2.19.